The van der Waals surface area contributed by atoms with Crippen molar-refractivity contribution in [2.24, 2.45) is 5.10 Å². The number of ether oxygens (including phenoxy) is 1. The van der Waals surface area contributed by atoms with Gasteiger partial charge in [0, 0.05) is 11.6 Å². The molecular formula is C17H16ClI2N3OS. The summed E-state index contributed by atoms with van der Waals surface area (Å²) in [5.74, 6) is 0.865. The second-order valence-electron chi connectivity index (χ2n) is 4.96. The van der Waals surface area contributed by atoms with Crippen molar-refractivity contribution in [2.75, 3.05) is 6.54 Å². The fourth-order valence-corrected chi connectivity index (χ4v) is 4.34. The maximum absolute atomic E-state index is 5.97. The van der Waals surface area contributed by atoms with Crippen LogP contribution in [0, 0.1) is 7.14 Å². The monoisotopic (exact) mass is 599 g/mol. The molecule has 0 unspecified atom stereocenters. The lowest BCUT2D eigenvalue weighted by Gasteiger charge is -2.11. The van der Waals surface area contributed by atoms with Crippen LogP contribution in [-0.2, 0) is 6.61 Å². The van der Waals surface area contributed by atoms with E-state index in [1.807, 2.05) is 43.3 Å². The number of hydrazone groups is 1. The van der Waals surface area contributed by atoms with Gasteiger partial charge in [0.1, 0.15) is 12.4 Å². The summed E-state index contributed by atoms with van der Waals surface area (Å²) in [5, 5.41) is 8.34. The fourth-order valence-electron chi connectivity index (χ4n) is 1.89. The van der Waals surface area contributed by atoms with Crippen LogP contribution in [0.5, 0.6) is 5.75 Å². The van der Waals surface area contributed by atoms with E-state index in [2.05, 4.69) is 61.0 Å². The Morgan fingerprint density at radius 1 is 1.24 bits per heavy atom. The van der Waals surface area contributed by atoms with E-state index >= 15 is 0 Å². The summed E-state index contributed by atoms with van der Waals surface area (Å²) < 4.78 is 8.02. The van der Waals surface area contributed by atoms with E-state index in [1.54, 1.807) is 6.21 Å². The van der Waals surface area contributed by atoms with Crippen LogP contribution in [0.2, 0.25) is 5.02 Å². The first-order valence-electron chi connectivity index (χ1n) is 7.42. The van der Waals surface area contributed by atoms with Crippen LogP contribution in [0.25, 0.3) is 0 Å². The molecule has 0 aliphatic rings. The minimum atomic E-state index is 0.495. The standard InChI is InChI=1S/C17H16ClI2N3OS/c1-2-21-17(25)23-22-9-12-7-14(19)16(15(20)8-12)24-10-11-3-5-13(18)6-4-11/h3-9H,2,10H2,1H3,(H2,21,23,25)/b22-9-. The molecule has 0 spiro atoms. The Balaban J connectivity index is 2.02. The van der Waals surface area contributed by atoms with Crippen molar-refractivity contribution in [2.45, 2.75) is 13.5 Å². The lowest BCUT2D eigenvalue weighted by atomic mass is 10.2. The van der Waals surface area contributed by atoms with Crippen LogP contribution in [0.1, 0.15) is 18.1 Å². The molecule has 2 aromatic carbocycles. The van der Waals surface area contributed by atoms with E-state index < -0.39 is 0 Å². The molecule has 0 radical (unpaired) electrons. The molecule has 2 N–H and O–H groups in total. The van der Waals surface area contributed by atoms with Crippen LogP contribution >= 0.6 is 69.0 Å². The summed E-state index contributed by atoms with van der Waals surface area (Å²) in [6, 6.07) is 11.7. The number of nitrogens with zero attached hydrogens (tertiary/aromatic N) is 1. The van der Waals surface area contributed by atoms with Crippen molar-refractivity contribution >= 4 is 80.3 Å². The molecule has 0 aliphatic carbocycles. The third kappa shape index (κ3) is 6.87. The van der Waals surface area contributed by atoms with Gasteiger partial charge in [0.2, 0.25) is 0 Å². The molecule has 2 aromatic rings. The molecule has 0 atom stereocenters. The maximum Gasteiger partial charge on any atom is 0.186 e. The smallest absolute Gasteiger partial charge is 0.186 e. The highest BCUT2D eigenvalue weighted by atomic mass is 127. The molecule has 25 heavy (non-hydrogen) atoms. The molecule has 0 fully saturated rings. The Bertz CT molecular complexity index is 746. The van der Waals surface area contributed by atoms with Crippen molar-refractivity contribution in [3.63, 3.8) is 0 Å². The zero-order valence-corrected chi connectivity index (χ0v) is 19.2. The Labute approximate surface area is 185 Å². The molecule has 2 rings (SSSR count). The molecule has 0 amide bonds. The van der Waals surface area contributed by atoms with Gasteiger partial charge < -0.3 is 10.1 Å². The topological polar surface area (TPSA) is 45.7 Å². The van der Waals surface area contributed by atoms with Crippen molar-refractivity contribution in [1.82, 2.24) is 10.7 Å². The minimum absolute atomic E-state index is 0.495. The number of rotatable bonds is 6. The molecular weight excluding hydrogens is 584 g/mol. The fraction of sp³-hybridized carbons (Fsp3) is 0.176. The highest BCUT2D eigenvalue weighted by molar-refractivity contribution is 14.1. The Kier molecular flexibility index (Phi) is 8.67. The third-order valence-electron chi connectivity index (χ3n) is 3.03. The Morgan fingerprint density at radius 3 is 2.48 bits per heavy atom. The largest absolute Gasteiger partial charge is 0.487 e. The normalized spacial score (nSPS) is 10.7. The first-order chi connectivity index (χ1) is 12.0. The third-order valence-corrected chi connectivity index (χ3v) is 5.12. The number of benzene rings is 2. The summed E-state index contributed by atoms with van der Waals surface area (Å²) in [4.78, 5) is 0. The summed E-state index contributed by atoms with van der Waals surface area (Å²) in [6.07, 6.45) is 1.73. The number of halogens is 3. The van der Waals surface area contributed by atoms with Gasteiger partial charge in [-0.05, 0) is 99.7 Å². The van der Waals surface area contributed by atoms with E-state index in [1.165, 1.54) is 0 Å². The van der Waals surface area contributed by atoms with Gasteiger partial charge in [-0.3, -0.25) is 5.43 Å². The Morgan fingerprint density at radius 2 is 1.88 bits per heavy atom. The zero-order chi connectivity index (χ0) is 18.2. The molecule has 0 saturated carbocycles. The van der Waals surface area contributed by atoms with Gasteiger partial charge in [-0.1, -0.05) is 23.7 Å². The molecule has 0 aromatic heterocycles. The van der Waals surface area contributed by atoms with Crippen LogP contribution in [-0.4, -0.2) is 17.9 Å². The van der Waals surface area contributed by atoms with Gasteiger partial charge in [-0.15, -0.1) is 0 Å². The highest BCUT2D eigenvalue weighted by Gasteiger charge is 2.09. The van der Waals surface area contributed by atoms with Crippen molar-refractivity contribution < 1.29 is 4.74 Å². The van der Waals surface area contributed by atoms with Gasteiger partial charge in [0.25, 0.3) is 0 Å². The predicted molar refractivity (Wildman–Crippen MR) is 125 cm³/mol. The SMILES string of the molecule is CCNC(=S)N/N=C\c1cc(I)c(OCc2ccc(Cl)cc2)c(I)c1. The van der Waals surface area contributed by atoms with Gasteiger partial charge >= 0.3 is 0 Å². The van der Waals surface area contributed by atoms with E-state index in [4.69, 9.17) is 28.6 Å². The molecule has 0 heterocycles. The first kappa shape index (κ1) is 20.7. The summed E-state index contributed by atoms with van der Waals surface area (Å²) >= 11 is 15.5. The first-order valence-corrected chi connectivity index (χ1v) is 10.4. The van der Waals surface area contributed by atoms with Gasteiger partial charge in [-0.25, -0.2) is 0 Å². The zero-order valence-electron chi connectivity index (χ0n) is 13.4. The summed E-state index contributed by atoms with van der Waals surface area (Å²) in [6.45, 7) is 3.23. The molecule has 0 bridgehead atoms. The van der Waals surface area contributed by atoms with E-state index in [0.29, 0.717) is 11.7 Å². The average Bonchev–Trinajstić information content (AvgIpc) is 2.56. The molecule has 132 valence electrons. The van der Waals surface area contributed by atoms with Gasteiger partial charge in [0.05, 0.1) is 13.4 Å². The van der Waals surface area contributed by atoms with E-state index in [0.717, 1.165) is 35.6 Å². The van der Waals surface area contributed by atoms with Crippen molar-refractivity contribution in [3.8, 4) is 5.75 Å². The highest BCUT2D eigenvalue weighted by Crippen LogP contribution is 2.29. The molecule has 8 heteroatoms. The minimum Gasteiger partial charge on any atom is -0.487 e. The van der Waals surface area contributed by atoms with Crippen LogP contribution in [0.4, 0.5) is 0 Å². The molecule has 4 nitrogen and oxygen atoms in total. The quantitative estimate of drug-likeness (QED) is 0.214. The van der Waals surface area contributed by atoms with E-state index in [-0.39, 0.29) is 0 Å². The predicted octanol–water partition coefficient (Wildman–Crippen LogP) is 4.95. The van der Waals surface area contributed by atoms with Crippen molar-refractivity contribution in [1.29, 1.82) is 0 Å². The van der Waals surface area contributed by atoms with Crippen LogP contribution in [0.15, 0.2) is 41.5 Å². The Hall–Kier alpha value is -0.650. The van der Waals surface area contributed by atoms with Crippen LogP contribution in [0.3, 0.4) is 0 Å². The average molecular weight is 600 g/mol. The van der Waals surface area contributed by atoms with Gasteiger partial charge in [0.15, 0.2) is 5.11 Å². The second kappa shape index (κ2) is 10.5. The van der Waals surface area contributed by atoms with Gasteiger partial charge in [-0.2, -0.15) is 5.10 Å². The number of thiocarbonyl (C=S) groups is 1. The molecule has 0 saturated heterocycles. The molecule has 0 aliphatic heterocycles. The van der Waals surface area contributed by atoms with Crippen LogP contribution < -0.4 is 15.5 Å². The number of hydrogen-bond donors (Lipinski definition) is 2. The lowest BCUT2D eigenvalue weighted by molar-refractivity contribution is 0.302. The number of nitrogens with one attached hydrogen (secondary N) is 2. The van der Waals surface area contributed by atoms with Crippen molar-refractivity contribution in [3.05, 3.63) is 59.7 Å². The lowest BCUT2D eigenvalue weighted by Crippen LogP contribution is -2.31. The van der Waals surface area contributed by atoms with E-state index in [9.17, 15) is 0 Å². The second-order valence-corrected chi connectivity index (χ2v) is 8.13. The maximum atomic E-state index is 5.97. The number of hydrogen-bond acceptors (Lipinski definition) is 3. The summed E-state index contributed by atoms with van der Waals surface area (Å²) in [5.41, 5.74) is 4.82. The summed E-state index contributed by atoms with van der Waals surface area (Å²) in [7, 11) is 0.